The summed E-state index contributed by atoms with van der Waals surface area (Å²) in [6, 6.07) is 9.19. The number of alkyl carbamates (subject to hydrolysis) is 1. The van der Waals surface area contributed by atoms with Crippen molar-refractivity contribution in [3.8, 4) is 17.2 Å². The second-order valence-corrected chi connectivity index (χ2v) is 8.62. The van der Waals surface area contributed by atoms with Crippen LogP contribution in [0.25, 0.3) is 11.6 Å². The van der Waals surface area contributed by atoms with Gasteiger partial charge in [-0.1, -0.05) is 12.1 Å². The summed E-state index contributed by atoms with van der Waals surface area (Å²) in [7, 11) is 3.06. The maximum atomic E-state index is 12.5. The fourth-order valence-electron chi connectivity index (χ4n) is 3.21. The molecule has 2 N–H and O–H groups in total. The van der Waals surface area contributed by atoms with Gasteiger partial charge in [-0.2, -0.15) is 0 Å². The molecule has 1 aliphatic rings. The van der Waals surface area contributed by atoms with Gasteiger partial charge >= 0.3 is 12.1 Å². The van der Waals surface area contributed by atoms with Crippen LogP contribution in [0.5, 0.6) is 17.2 Å². The number of hydrogen-bond acceptors (Lipinski definition) is 7. The number of fused-ring (bicyclic) bond motifs is 1. The van der Waals surface area contributed by atoms with Gasteiger partial charge in [0.25, 0.3) is 5.91 Å². The van der Waals surface area contributed by atoms with Crippen LogP contribution in [0.3, 0.4) is 0 Å². The Morgan fingerprint density at radius 2 is 1.65 bits per heavy atom. The first-order chi connectivity index (χ1) is 16.0. The number of carbonyl (C=O) groups excluding carboxylic acids is 3. The van der Waals surface area contributed by atoms with Crippen molar-refractivity contribution in [3.05, 3.63) is 47.5 Å². The molecule has 3 rings (SSSR count). The Kier molecular flexibility index (Phi) is 7.14. The van der Waals surface area contributed by atoms with Crippen molar-refractivity contribution in [3.63, 3.8) is 0 Å². The van der Waals surface area contributed by atoms with Gasteiger partial charge in [0.1, 0.15) is 17.4 Å². The van der Waals surface area contributed by atoms with E-state index in [0.717, 1.165) is 5.56 Å². The van der Waals surface area contributed by atoms with Gasteiger partial charge in [-0.15, -0.1) is 0 Å². The van der Waals surface area contributed by atoms with Crippen LogP contribution in [-0.4, -0.2) is 43.8 Å². The van der Waals surface area contributed by atoms with Gasteiger partial charge in [0, 0.05) is 17.2 Å². The smallest absolute Gasteiger partial charge is 0.408 e. The summed E-state index contributed by atoms with van der Waals surface area (Å²) in [5, 5.41) is 5.26. The summed E-state index contributed by atoms with van der Waals surface area (Å²) in [5.41, 5.74) is 1.85. The molecule has 2 amide bonds. The third kappa shape index (κ3) is 5.86. The first-order valence-electron chi connectivity index (χ1n) is 10.6. The SMILES string of the molecule is COc1cc2c(cc1OC)/C(=C/c1ccc(OC(=O)[C@H](C)NC(=O)OC(C)(C)C)cc1)C(=O)N2. The number of rotatable bonds is 6. The number of hydrogen-bond donors (Lipinski definition) is 2. The van der Waals surface area contributed by atoms with Crippen LogP contribution in [0, 0.1) is 0 Å². The average Bonchev–Trinajstić information content (AvgIpc) is 3.06. The predicted octanol–water partition coefficient (Wildman–Crippen LogP) is 4.02. The first-order valence-corrected chi connectivity index (χ1v) is 10.6. The zero-order chi connectivity index (χ0) is 25.0. The number of nitrogens with one attached hydrogen (secondary N) is 2. The molecule has 2 aromatic carbocycles. The number of methoxy groups -OCH3 is 2. The van der Waals surface area contributed by atoms with Gasteiger partial charge < -0.3 is 29.6 Å². The topological polar surface area (TPSA) is 112 Å². The number of esters is 1. The van der Waals surface area contributed by atoms with Gasteiger partial charge in [0.2, 0.25) is 0 Å². The summed E-state index contributed by atoms with van der Waals surface area (Å²) >= 11 is 0. The van der Waals surface area contributed by atoms with E-state index in [-0.39, 0.29) is 5.91 Å². The van der Waals surface area contributed by atoms with E-state index in [1.165, 1.54) is 21.1 Å². The average molecular weight is 469 g/mol. The second-order valence-electron chi connectivity index (χ2n) is 8.62. The third-order valence-corrected chi connectivity index (χ3v) is 4.80. The molecule has 180 valence electrons. The van der Waals surface area contributed by atoms with E-state index in [9.17, 15) is 14.4 Å². The molecule has 2 aromatic rings. The quantitative estimate of drug-likeness (QED) is 0.374. The number of benzene rings is 2. The van der Waals surface area contributed by atoms with Crippen LogP contribution < -0.4 is 24.8 Å². The zero-order valence-electron chi connectivity index (χ0n) is 20.0. The maximum Gasteiger partial charge on any atom is 0.408 e. The van der Waals surface area contributed by atoms with E-state index in [4.69, 9.17) is 18.9 Å². The summed E-state index contributed by atoms with van der Waals surface area (Å²) in [6.45, 7) is 6.69. The van der Waals surface area contributed by atoms with Crippen molar-refractivity contribution < 1.29 is 33.3 Å². The Morgan fingerprint density at radius 3 is 2.24 bits per heavy atom. The van der Waals surface area contributed by atoms with Gasteiger partial charge in [-0.3, -0.25) is 4.79 Å². The molecule has 1 atom stereocenters. The lowest BCUT2D eigenvalue weighted by Crippen LogP contribution is -2.43. The number of anilines is 1. The summed E-state index contributed by atoms with van der Waals surface area (Å²) in [6.07, 6.45) is 1.02. The van der Waals surface area contributed by atoms with Crippen LogP contribution in [0.2, 0.25) is 0 Å². The lowest BCUT2D eigenvalue weighted by Gasteiger charge is -2.21. The molecule has 0 unspecified atom stereocenters. The molecule has 1 aliphatic heterocycles. The lowest BCUT2D eigenvalue weighted by molar-refractivity contribution is -0.136. The lowest BCUT2D eigenvalue weighted by atomic mass is 10.0. The van der Waals surface area contributed by atoms with Crippen LogP contribution in [-0.2, 0) is 14.3 Å². The van der Waals surface area contributed by atoms with E-state index < -0.39 is 23.7 Å². The summed E-state index contributed by atoms with van der Waals surface area (Å²) in [5.74, 6) is 0.446. The highest BCUT2D eigenvalue weighted by Crippen LogP contribution is 2.41. The van der Waals surface area contributed by atoms with E-state index in [1.807, 2.05) is 0 Å². The highest BCUT2D eigenvalue weighted by atomic mass is 16.6. The Bertz CT molecular complexity index is 1130. The standard InChI is InChI=1S/C25H28N2O7/c1-14(26-24(30)34-25(2,3)4)23(29)33-16-9-7-15(8-10-16)11-18-17-12-20(31-5)21(32-6)13-19(17)27-22(18)28/h7-14H,1-6H3,(H,26,30)(H,27,28)/b18-11-/t14-/m0/s1. The maximum absolute atomic E-state index is 12.5. The highest BCUT2D eigenvalue weighted by molar-refractivity contribution is 6.35. The number of ether oxygens (including phenoxy) is 4. The fourth-order valence-corrected chi connectivity index (χ4v) is 3.21. The normalized spacial score (nSPS) is 14.6. The predicted molar refractivity (Wildman–Crippen MR) is 127 cm³/mol. The summed E-state index contributed by atoms with van der Waals surface area (Å²) < 4.78 is 21.1. The molecule has 0 saturated carbocycles. The molecule has 0 bridgehead atoms. The van der Waals surface area contributed by atoms with Crippen LogP contribution in [0.4, 0.5) is 10.5 Å². The Morgan fingerprint density at radius 1 is 1.03 bits per heavy atom. The van der Waals surface area contributed by atoms with E-state index >= 15 is 0 Å². The van der Waals surface area contributed by atoms with E-state index in [1.54, 1.807) is 63.2 Å². The van der Waals surface area contributed by atoms with Gasteiger partial charge in [-0.25, -0.2) is 9.59 Å². The Hall–Kier alpha value is -4.01. The number of carbonyl (C=O) groups is 3. The molecule has 0 aliphatic carbocycles. The molecule has 0 aromatic heterocycles. The monoisotopic (exact) mass is 468 g/mol. The molecule has 34 heavy (non-hydrogen) atoms. The minimum absolute atomic E-state index is 0.247. The highest BCUT2D eigenvalue weighted by Gasteiger charge is 2.27. The van der Waals surface area contributed by atoms with Gasteiger partial charge in [-0.05, 0) is 57.5 Å². The van der Waals surface area contributed by atoms with Crippen LogP contribution in [0.1, 0.15) is 38.8 Å². The minimum atomic E-state index is -0.901. The molecule has 9 heteroatoms. The molecule has 9 nitrogen and oxygen atoms in total. The Labute approximate surface area is 198 Å². The second kappa shape index (κ2) is 9.86. The van der Waals surface area contributed by atoms with Gasteiger partial charge in [0.05, 0.1) is 19.9 Å². The molecular weight excluding hydrogens is 440 g/mol. The van der Waals surface area contributed by atoms with Crippen LogP contribution in [0.15, 0.2) is 36.4 Å². The van der Waals surface area contributed by atoms with Crippen molar-refractivity contribution in [2.45, 2.75) is 39.3 Å². The molecule has 0 saturated heterocycles. The zero-order valence-corrected chi connectivity index (χ0v) is 20.0. The molecule has 0 fully saturated rings. The van der Waals surface area contributed by atoms with E-state index in [2.05, 4.69) is 10.6 Å². The molecular formula is C25H28N2O7. The fraction of sp³-hybridized carbons (Fsp3) is 0.320. The van der Waals surface area contributed by atoms with Gasteiger partial charge in [0.15, 0.2) is 11.5 Å². The van der Waals surface area contributed by atoms with Crippen LogP contribution >= 0.6 is 0 Å². The molecule has 0 radical (unpaired) electrons. The van der Waals surface area contributed by atoms with Crippen molar-refractivity contribution in [1.29, 1.82) is 0 Å². The van der Waals surface area contributed by atoms with Crippen molar-refractivity contribution in [1.82, 2.24) is 5.32 Å². The Balaban J connectivity index is 1.70. The van der Waals surface area contributed by atoms with Crippen molar-refractivity contribution >= 4 is 35.3 Å². The minimum Gasteiger partial charge on any atom is -0.493 e. The third-order valence-electron chi connectivity index (χ3n) is 4.80. The molecule has 1 heterocycles. The first kappa shape index (κ1) is 24.6. The van der Waals surface area contributed by atoms with Crippen molar-refractivity contribution in [2.75, 3.05) is 19.5 Å². The number of amides is 2. The molecule has 0 spiro atoms. The largest absolute Gasteiger partial charge is 0.493 e. The van der Waals surface area contributed by atoms with Crippen molar-refractivity contribution in [2.24, 2.45) is 0 Å². The summed E-state index contributed by atoms with van der Waals surface area (Å²) in [4.78, 5) is 36.6. The van der Waals surface area contributed by atoms with E-state index in [0.29, 0.717) is 34.1 Å².